The summed E-state index contributed by atoms with van der Waals surface area (Å²) in [6, 6.07) is 15.6. The van der Waals surface area contributed by atoms with Gasteiger partial charge in [-0.1, -0.05) is 23.9 Å². The molecule has 2 rings (SSSR count). The van der Waals surface area contributed by atoms with E-state index in [2.05, 4.69) is 44.7 Å². The summed E-state index contributed by atoms with van der Waals surface area (Å²) in [6.45, 7) is 0. The van der Waals surface area contributed by atoms with Crippen LogP contribution in [0.4, 0.5) is 11.4 Å². The molecule has 2 aromatic rings. The lowest BCUT2D eigenvalue weighted by Crippen LogP contribution is -1.74. The van der Waals surface area contributed by atoms with E-state index in [1.807, 2.05) is 48.5 Å². The third-order valence-corrected chi connectivity index (χ3v) is 3.38. The lowest BCUT2D eigenvalue weighted by atomic mass is 10.3. The van der Waals surface area contributed by atoms with Crippen LogP contribution in [-0.4, -0.2) is 10.3 Å². The summed E-state index contributed by atoms with van der Waals surface area (Å²) in [7, 11) is 0. The van der Waals surface area contributed by atoms with Crippen LogP contribution >= 0.6 is 36.2 Å². The van der Waals surface area contributed by atoms with Gasteiger partial charge < -0.3 is 0 Å². The molecule has 0 aliphatic carbocycles. The molecule has 0 saturated heterocycles. The number of benzene rings is 2. The highest BCUT2D eigenvalue weighted by Crippen LogP contribution is 2.31. The number of aliphatic imine (C=N–C) groups is 2. The van der Waals surface area contributed by atoms with Crippen molar-refractivity contribution < 1.29 is 0 Å². The van der Waals surface area contributed by atoms with Crippen molar-refractivity contribution in [3.05, 3.63) is 48.5 Å². The fourth-order valence-corrected chi connectivity index (χ4v) is 2.61. The van der Waals surface area contributed by atoms with Crippen LogP contribution in [0.5, 0.6) is 0 Å². The summed E-state index contributed by atoms with van der Waals surface area (Å²) in [5.41, 5.74) is 1.60. The Hall–Kier alpha value is -1.61. The predicted octanol–water partition coefficient (Wildman–Crippen LogP) is 5.31. The topological polar surface area (TPSA) is 24.7 Å². The van der Waals surface area contributed by atoms with Gasteiger partial charge in [0.15, 0.2) is 0 Å². The highest BCUT2D eigenvalue weighted by atomic mass is 32.2. The van der Waals surface area contributed by atoms with Crippen LogP contribution in [0.25, 0.3) is 0 Å². The van der Waals surface area contributed by atoms with Crippen LogP contribution in [0.3, 0.4) is 0 Å². The van der Waals surface area contributed by atoms with E-state index in [9.17, 15) is 0 Å². The molecule has 5 heteroatoms. The first-order valence-corrected chi connectivity index (χ1v) is 6.99. The molecule has 0 heterocycles. The summed E-state index contributed by atoms with van der Waals surface area (Å²) in [5, 5.41) is 4.73. The van der Waals surface area contributed by atoms with Gasteiger partial charge in [0.2, 0.25) is 0 Å². The Labute approximate surface area is 126 Å². The zero-order valence-corrected chi connectivity index (χ0v) is 12.2. The molecule has 2 nitrogen and oxygen atoms in total. The summed E-state index contributed by atoms with van der Waals surface area (Å²) >= 11 is 10.8. The second-order valence-corrected chi connectivity index (χ2v) is 5.02. The Bertz CT molecular complexity index is 625. The standard InChI is InChI=1S/C14H8N2S3/c17-9-15-11-3-1-5-13(7-11)19-14-6-2-4-12(8-14)16-10-18/h1-8H. The molecule has 0 aliphatic rings. The van der Waals surface area contributed by atoms with Crippen molar-refractivity contribution in [1.29, 1.82) is 0 Å². The maximum Gasteiger partial charge on any atom is 0.0750 e. The zero-order chi connectivity index (χ0) is 13.5. The zero-order valence-electron chi connectivity index (χ0n) is 9.74. The monoisotopic (exact) mass is 300 g/mol. The number of thiocarbonyl (C=S) groups is 2. The smallest absolute Gasteiger partial charge is 0.0750 e. The molecule has 0 aliphatic heterocycles. The van der Waals surface area contributed by atoms with Crippen molar-refractivity contribution >= 4 is 57.9 Å². The molecule has 0 spiro atoms. The Kier molecular flexibility index (Phi) is 5.16. The van der Waals surface area contributed by atoms with Crippen molar-refractivity contribution in [1.82, 2.24) is 0 Å². The van der Waals surface area contributed by atoms with E-state index in [0.29, 0.717) is 0 Å². The van der Waals surface area contributed by atoms with Crippen molar-refractivity contribution in [2.45, 2.75) is 9.79 Å². The van der Waals surface area contributed by atoms with Crippen molar-refractivity contribution in [3.63, 3.8) is 0 Å². The summed E-state index contributed by atoms with van der Waals surface area (Å²) in [4.78, 5) is 10.1. The largest absolute Gasteiger partial charge is 0.195 e. The fourth-order valence-electron chi connectivity index (χ4n) is 1.47. The molecule has 0 saturated carbocycles. The third kappa shape index (κ3) is 4.21. The number of rotatable bonds is 4. The van der Waals surface area contributed by atoms with E-state index >= 15 is 0 Å². The fraction of sp³-hybridized carbons (Fsp3) is 0. The number of nitrogens with zero attached hydrogens (tertiary/aromatic N) is 2. The second kappa shape index (κ2) is 7.10. The molecule has 2 aromatic carbocycles. The van der Waals surface area contributed by atoms with Gasteiger partial charge in [-0.25, -0.2) is 0 Å². The van der Waals surface area contributed by atoms with Crippen LogP contribution in [0.1, 0.15) is 0 Å². The quantitative estimate of drug-likeness (QED) is 0.565. The van der Waals surface area contributed by atoms with Gasteiger partial charge in [-0.05, 0) is 60.8 Å². The van der Waals surface area contributed by atoms with Gasteiger partial charge in [0.25, 0.3) is 0 Å². The highest BCUT2D eigenvalue weighted by molar-refractivity contribution is 7.99. The maximum atomic E-state index is 4.60. The van der Waals surface area contributed by atoms with Gasteiger partial charge in [-0.2, -0.15) is 9.98 Å². The molecule has 92 valence electrons. The molecular formula is C14H8N2S3. The first-order valence-electron chi connectivity index (χ1n) is 5.35. The SMILES string of the molecule is S=C=Nc1cccc(Sc2cccc(N=C=S)c2)c1. The molecule has 0 bridgehead atoms. The van der Waals surface area contributed by atoms with Crippen molar-refractivity contribution in [2.24, 2.45) is 9.98 Å². The van der Waals surface area contributed by atoms with E-state index in [4.69, 9.17) is 0 Å². The minimum absolute atomic E-state index is 0.799. The maximum absolute atomic E-state index is 4.60. The van der Waals surface area contributed by atoms with Gasteiger partial charge in [0.05, 0.1) is 21.7 Å². The summed E-state index contributed by atoms with van der Waals surface area (Å²) in [6.07, 6.45) is 0. The van der Waals surface area contributed by atoms with Gasteiger partial charge in [-0.15, -0.1) is 0 Å². The average Bonchev–Trinajstić information content (AvgIpc) is 2.40. The Morgan fingerprint density at radius 3 is 1.68 bits per heavy atom. The first kappa shape index (κ1) is 13.8. The Balaban J connectivity index is 2.25. The number of hydrogen-bond acceptors (Lipinski definition) is 5. The third-order valence-electron chi connectivity index (χ3n) is 2.22. The van der Waals surface area contributed by atoms with Crippen molar-refractivity contribution in [2.75, 3.05) is 0 Å². The second-order valence-electron chi connectivity index (χ2n) is 3.50. The van der Waals surface area contributed by atoms with Crippen LogP contribution < -0.4 is 0 Å². The molecule has 0 unspecified atom stereocenters. The van der Waals surface area contributed by atoms with Crippen LogP contribution in [-0.2, 0) is 0 Å². The predicted molar refractivity (Wildman–Crippen MR) is 86.4 cm³/mol. The lowest BCUT2D eigenvalue weighted by molar-refractivity contribution is 1.37. The van der Waals surface area contributed by atoms with E-state index < -0.39 is 0 Å². The van der Waals surface area contributed by atoms with Crippen LogP contribution in [0, 0.1) is 0 Å². The molecule has 0 amide bonds. The van der Waals surface area contributed by atoms with E-state index in [0.717, 1.165) is 21.2 Å². The van der Waals surface area contributed by atoms with Gasteiger partial charge >= 0.3 is 0 Å². The normalized spacial score (nSPS) is 9.26. The average molecular weight is 300 g/mol. The van der Waals surface area contributed by atoms with Gasteiger partial charge in [0.1, 0.15) is 0 Å². The number of isothiocyanates is 2. The Morgan fingerprint density at radius 2 is 1.26 bits per heavy atom. The molecular weight excluding hydrogens is 292 g/mol. The summed E-state index contributed by atoms with van der Waals surface area (Å²) < 4.78 is 0. The Morgan fingerprint density at radius 1 is 0.789 bits per heavy atom. The van der Waals surface area contributed by atoms with Crippen LogP contribution in [0.2, 0.25) is 0 Å². The molecule has 0 radical (unpaired) electrons. The van der Waals surface area contributed by atoms with Crippen molar-refractivity contribution in [3.8, 4) is 0 Å². The molecule has 19 heavy (non-hydrogen) atoms. The molecule has 0 fully saturated rings. The van der Waals surface area contributed by atoms with Gasteiger partial charge in [-0.3, -0.25) is 0 Å². The molecule has 0 aromatic heterocycles. The highest BCUT2D eigenvalue weighted by Gasteiger charge is 1.99. The van der Waals surface area contributed by atoms with E-state index in [1.54, 1.807) is 11.8 Å². The van der Waals surface area contributed by atoms with E-state index in [-0.39, 0.29) is 0 Å². The summed E-state index contributed by atoms with van der Waals surface area (Å²) in [5.74, 6) is 0. The minimum atomic E-state index is 0.799. The molecule has 0 N–H and O–H groups in total. The first-order chi connectivity index (χ1) is 9.31. The van der Waals surface area contributed by atoms with E-state index in [1.165, 1.54) is 0 Å². The molecule has 0 atom stereocenters. The van der Waals surface area contributed by atoms with Gasteiger partial charge in [0, 0.05) is 9.79 Å². The minimum Gasteiger partial charge on any atom is -0.195 e. The lowest BCUT2D eigenvalue weighted by Gasteiger charge is -2.02. The number of hydrogen-bond donors (Lipinski definition) is 0. The van der Waals surface area contributed by atoms with Crippen LogP contribution in [0.15, 0.2) is 68.3 Å².